The van der Waals surface area contributed by atoms with E-state index in [0.29, 0.717) is 19.0 Å². The van der Waals surface area contributed by atoms with Crippen LogP contribution in [0.3, 0.4) is 0 Å². The monoisotopic (exact) mass is 239 g/mol. The Morgan fingerprint density at radius 3 is 2.41 bits per heavy atom. The third-order valence-corrected chi connectivity index (χ3v) is 2.06. The molecule has 1 rings (SSSR count). The first-order chi connectivity index (χ1) is 8.19. The molecule has 0 aliphatic rings. The number of nitrogens with zero attached hydrogens (tertiary/aromatic N) is 1. The van der Waals surface area contributed by atoms with Crippen LogP contribution in [0.15, 0.2) is 18.2 Å². The average Bonchev–Trinajstić information content (AvgIpc) is 2.33. The number of nitro benzene ring substituents is 1. The molecule has 0 aromatic heterocycles. The van der Waals surface area contributed by atoms with Crippen LogP contribution in [0, 0.1) is 10.1 Å². The summed E-state index contributed by atoms with van der Waals surface area (Å²) in [6.07, 6.45) is 1.69. The molecule has 0 fully saturated rings. The molecule has 0 saturated carbocycles. The van der Waals surface area contributed by atoms with E-state index in [2.05, 4.69) is 0 Å². The van der Waals surface area contributed by atoms with Crippen molar-refractivity contribution < 1.29 is 14.4 Å². The Morgan fingerprint density at radius 1 is 1.18 bits per heavy atom. The van der Waals surface area contributed by atoms with E-state index in [1.54, 1.807) is 12.1 Å². The SMILES string of the molecule is CCCOc1ccc([N+](=O)[O-])c(OCCC)c1. The molecule has 0 atom stereocenters. The molecule has 1 aromatic carbocycles. The molecule has 17 heavy (non-hydrogen) atoms. The van der Waals surface area contributed by atoms with Crippen molar-refractivity contribution >= 4 is 5.69 Å². The fraction of sp³-hybridized carbons (Fsp3) is 0.500. The summed E-state index contributed by atoms with van der Waals surface area (Å²) in [7, 11) is 0. The van der Waals surface area contributed by atoms with Crippen molar-refractivity contribution in [3.63, 3.8) is 0 Å². The largest absolute Gasteiger partial charge is 0.493 e. The highest BCUT2D eigenvalue weighted by Crippen LogP contribution is 2.31. The Morgan fingerprint density at radius 2 is 1.82 bits per heavy atom. The highest BCUT2D eigenvalue weighted by atomic mass is 16.6. The lowest BCUT2D eigenvalue weighted by atomic mass is 10.3. The van der Waals surface area contributed by atoms with Gasteiger partial charge in [0, 0.05) is 12.1 Å². The van der Waals surface area contributed by atoms with Gasteiger partial charge in [-0.05, 0) is 18.9 Å². The van der Waals surface area contributed by atoms with Crippen LogP contribution in [0.4, 0.5) is 5.69 Å². The first kappa shape index (κ1) is 13.3. The molecule has 94 valence electrons. The van der Waals surface area contributed by atoms with Gasteiger partial charge in [0.1, 0.15) is 5.75 Å². The van der Waals surface area contributed by atoms with Crippen molar-refractivity contribution in [2.24, 2.45) is 0 Å². The molecule has 0 aliphatic carbocycles. The third-order valence-electron chi connectivity index (χ3n) is 2.06. The van der Waals surface area contributed by atoms with E-state index in [9.17, 15) is 10.1 Å². The summed E-state index contributed by atoms with van der Waals surface area (Å²) in [4.78, 5) is 10.3. The van der Waals surface area contributed by atoms with Crippen LogP contribution >= 0.6 is 0 Å². The van der Waals surface area contributed by atoms with E-state index >= 15 is 0 Å². The Hall–Kier alpha value is -1.78. The highest BCUT2D eigenvalue weighted by Gasteiger charge is 2.15. The number of rotatable bonds is 7. The number of nitro groups is 1. The lowest BCUT2D eigenvalue weighted by molar-refractivity contribution is -0.385. The van der Waals surface area contributed by atoms with Gasteiger partial charge in [0.05, 0.1) is 18.1 Å². The van der Waals surface area contributed by atoms with Crippen LogP contribution in [0.25, 0.3) is 0 Å². The van der Waals surface area contributed by atoms with Gasteiger partial charge in [0.15, 0.2) is 0 Å². The van der Waals surface area contributed by atoms with E-state index < -0.39 is 4.92 Å². The molecule has 0 aliphatic heterocycles. The first-order valence-corrected chi connectivity index (χ1v) is 5.73. The zero-order chi connectivity index (χ0) is 12.7. The summed E-state index contributed by atoms with van der Waals surface area (Å²) in [6.45, 7) is 4.99. The van der Waals surface area contributed by atoms with Gasteiger partial charge in [-0.25, -0.2) is 0 Å². The van der Waals surface area contributed by atoms with Crippen LogP contribution in [-0.2, 0) is 0 Å². The number of hydrogen-bond acceptors (Lipinski definition) is 4. The van der Waals surface area contributed by atoms with Crippen molar-refractivity contribution in [1.82, 2.24) is 0 Å². The zero-order valence-electron chi connectivity index (χ0n) is 10.1. The summed E-state index contributed by atoms with van der Waals surface area (Å²) in [6, 6.07) is 4.58. The molecule has 0 amide bonds. The van der Waals surface area contributed by atoms with Gasteiger partial charge in [-0.15, -0.1) is 0 Å². The molecule has 0 spiro atoms. The Balaban J connectivity index is 2.88. The molecule has 0 radical (unpaired) electrons. The van der Waals surface area contributed by atoms with E-state index in [0.717, 1.165) is 12.8 Å². The van der Waals surface area contributed by atoms with Gasteiger partial charge in [0.2, 0.25) is 5.75 Å². The smallest absolute Gasteiger partial charge is 0.311 e. The van der Waals surface area contributed by atoms with Crippen molar-refractivity contribution in [3.05, 3.63) is 28.3 Å². The molecule has 0 unspecified atom stereocenters. The summed E-state index contributed by atoms with van der Waals surface area (Å²) >= 11 is 0. The highest BCUT2D eigenvalue weighted by molar-refractivity contribution is 5.50. The average molecular weight is 239 g/mol. The molecular weight excluding hydrogens is 222 g/mol. The van der Waals surface area contributed by atoms with Crippen LogP contribution in [0.5, 0.6) is 11.5 Å². The van der Waals surface area contributed by atoms with E-state index in [4.69, 9.17) is 9.47 Å². The normalized spacial score (nSPS) is 10.0. The second-order valence-corrected chi connectivity index (χ2v) is 3.58. The quantitative estimate of drug-likeness (QED) is 0.541. The maximum atomic E-state index is 10.8. The number of benzene rings is 1. The molecule has 0 saturated heterocycles. The predicted molar refractivity (Wildman–Crippen MR) is 64.7 cm³/mol. The zero-order valence-corrected chi connectivity index (χ0v) is 10.1. The Labute approximate surface area is 101 Å². The summed E-state index contributed by atoms with van der Waals surface area (Å²) in [5.74, 6) is 0.869. The fourth-order valence-electron chi connectivity index (χ4n) is 1.28. The summed E-state index contributed by atoms with van der Waals surface area (Å²) in [5.41, 5.74) is -0.0256. The van der Waals surface area contributed by atoms with Gasteiger partial charge < -0.3 is 9.47 Å². The molecule has 0 heterocycles. The van der Waals surface area contributed by atoms with Crippen molar-refractivity contribution in [3.8, 4) is 11.5 Å². The van der Waals surface area contributed by atoms with Crippen LogP contribution in [-0.4, -0.2) is 18.1 Å². The molecule has 0 bridgehead atoms. The minimum atomic E-state index is -0.450. The van der Waals surface area contributed by atoms with Crippen molar-refractivity contribution in [1.29, 1.82) is 0 Å². The Bertz CT molecular complexity index is 379. The molecular formula is C12H17NO4. The van der Waals surface area contributed by atoms with Crippen LogP contribution < -0.4 is 9.47 Å². The molecule has 5 heteroatoms. The van der Waals surface area contributed by atoms with Gasteiger partial charge in [-0.3, -0.25) is 10.1 Å². The Kier molecular flexibility index (Phi) is 5.26. The van der Waals surface area contributed by atoms with Crippen molar-refractivity contribution in [2.45, 2.75) is 26.7 Å². The van der Waals surface area contributed by atoms with Crippen LogP contribution in [0.1, 0.15) is 26.7 Å². The van der Waals surface area contributed by atoms with Gasteiger partial charge in [-0.2, -0.15) is 0 Å². The molecule has 5 nitrogen and oxygen atoms in total. The predicted octanol–water partition coefficient (Wildman–Crippen LogP) is 3.17. The topological polar surface area (TPSA) is 61.6 Å². The number of ether oxygens (including phenoxy) is 2. The van der Waals surface area contributed by atoms with Crippen LogP contribution in [0.2, 0.25) is 0 Å². The second-order valence-electron chi connectivity index (χ2n) is 3.58. The van der Waals surface area contributed by atoms with E-state index in [1.165, 1.54) is 6.07 Å². The second kappa shape index (κ2) is 6.73. The minimum Gasteiger partial charge on any atom is -0.493 e. The van der Waals surface area contributed by atoms with Crippen molar-refractivity contribution in [2.75, 3.05) is 13.2 Å². The summed E-state index contributed by atoms with van der Waals surface area (Å²) in [5, 5.41) is 10.8. The van der Waals surface area contributed by atoms with Gasteiger partial charge in [-0.1, -0.05) is 13.8 Å². The van der Waals surface area contributed by atoms with Gasteiger partial charge in [0.25, 0.3) is 0 Å². The number of hydrogen-bond donors (Lipinski definition) is 0. The molecule has 1 aromatic rings. The lowest BCUT2D eigenvalue weighted by Crippen LogP contribution is -2.01. The lowest BCUT2D eigenvalue weighted by Gasteiger charge is -2.08. The van der Waals surface area contributed by atoms with E-state index in [1.807, 2.05) is 13.8 Å². The maximum absolute atomic E-state index is 10.8. The van der Waals surface area contributed by atoms with Gasteiger partial charge >= 0.3 is 5.69 Å². The fourth-order valence-corrected chi connectivity index (χ4v) is 1.28. The summed E-state index contributed by atoms with van der Waals surface area (Å²) < 4.78 is 10.8. The third kappa shape index (κ3) is 3.94. The maximum Gasteiger partial charge on any atom is 0.311 e. The van der Waals surface area contributed by atoms with E-state index in [-0.39, 0.29) is 11.4 Å². The minimum absolute atomic E-state index is 0.0256. The standard InChI is InChI=1S/C12H17NO4/c1-3-7-16-10-5-6-11(13(14)15)12(9-10)17-8-4-2/h5-6,9H,3-4,7-8H2,1-2H3. The first-order valence-electron chi connectivity index (χ1n) is 5.73. The molecule has 0 N–H and O–H groups in total.